The summed E-state index contributed by atoms with van der Waals surface area (Å²) in [7, 11) is 0. The minimum atomic E-state index is -0.969. The van der Waals surface area contributed by atoms with E-state index in [0.717, 1.165) is 0 Å². The number of amides is 2. The molecule has 13 heteroatoms. The van der Waals surface area contributed by atoms with Gasteiger partial charge in [-0.25, -0.2) is 23.7 Å². The molecule has 0 aliphatic carbocycles. The predicted molar refractivity (Wildman–Crippen MR) is 184 cm³/mol. The van der Waals surface area contributed by atoms with Gasteiger partial charge in [0.25, 0.3) is 5.56 Å². The number of aromatic amines is 1. The highest BCUT2D eigenvalue weighted by molar-refractivity contribution is 6.12. The van der Waals surface area contributed by atoms with Gasteiger partial charge in [0.15, 0.2) is 5.82 Å². The molecular weight excluding hydrogens is 630 g/mol. The number of fused-ring (bicyclic) bond motifs is 6. The van der Waals surface area contributed by atoms with Crippen LogP contribution in [0.25, 0.3) is 38.8 Å². The van der Waals surface area contributed by atoms with E-state index < -0.39 is 35.2 Å². The molecule has 252 valence electrons. The number of pyridine rings is 1. The number of hydrogen-bond donors (Lipinski definition) is 2. The van der Waals surface area contributed by atoms with E-state index in [4.69, 9.17) is 0 Å². The summed E-state index contributed by atoms with van der Waals surface area (Å²) < 4.78 is 35.7. The molecule has 11 nitrogen and oxygen atoms in total. The topological polar surface area (TPSA) is 129 Å². The summed E-state index contributed by atoms with van der Waals surface area (Å²) in [6.45, 7) is 14.9. The number of aryl methyl sites for hydroxylation is 1. The highest BCUT2D eigenvalue weighted by Crippen LogP contribution is 2.45. The highest BCUT2D eigenvalue weighted by Gasteiger charge is 2.44. The van der Waals surface area contributed by atoms with Crippen LogP contribution in [0.2, 0.25) is 0 Å². The summed E-state index contributed by atoms with van der Waals surface area (Å²) in [4.78, 5) is 61.0. The smallest absolute Gasteiger partial charge is 0.281 e. The summed E-state index contributed by atoms with van der Waals surface area (Å²) in [6.07, 6.45) is 4.06. The van der Waals surface area contributed by atoms with Gasteiger partial charge in [-0.2, -0.15) is 0 Å². The molecular formula is C36H36F2N8O3. The van der Waals surface area contributed by atoms with Crippen molar-refractivity contribution in [1.82, 2.24) is 29.4 Å². The van der Waals surface area contributed by atoms with Crippen molar-refractivity contribution >= 4 is 45.1 Å². The number of carbonyl (C=O) groups is 2. The average Bonchev–Trinajstić information content (AvgIpc) is 3.54. The van der Waals surface area contributed by atoms with E-state index in [1.165, 1.54) is 34.3 Å². The Hall–Kier alpha value is -5.46. The maximum Gasteiger partial charge on any atom is 0.281 e. The Morgan fingerprint density at radius 1 is 1.02 bits per heavy atom. The summed E-state index contributed by atoms with van der Waals surface area (Å²) in [5, 5.41) is 2.83. The van der Waals surface area contributed by atoms with Crippen LogP contribution in [0.3, 0.4) is 0 Å². The van der Waals surface area contributed by atoms with Crippen molar-refractivity contribution in [3.63, 3.8) is 0 Å². The molecule has 49 heavy (non-hydrogen) atoms. The van der Waals surface area contributed by atoms with Crippen molar-refractivity contribution in [2.75, 3.05) is 23.3 Å². The molecule has 0 radical (unpaired) electrons. The van der Waals surface area contributed by atoms with Crippen LogP contribution in [-0.2, 0) is 9.59 Å². The standard InChI is InChI=1S/C36H36F2N8O3/c1-8-24(47)44-13-23-35(48)43-31-33(45(23)12-19(44)7)20-11-21(37)26(25-18(6)9-10-22-30(25)42-14-39-22)27(38)32(20)46(36(31)49)34-28(16(2)3)40-15-41-29(34)17(4)5/h8-11,14-17,19,23H,1,12-13H2,2-7H3,(H,39,42)(H,43,48). The molecule has 1 fully saturated rings. The van der Waals surface area contributed by atoms with Crippen molar-refractivity contribution in [2.45, 2.75) is 65.5 Å². The van der Waals surface area contributed by atoms with Crippen molar-refractivity contribution in [2.24, 2.45) is 0 Å². The molecule has 2 aliphatic rings. The Kier molecular flexibility index (Phi) is 7.60. The Morgan fingerprint density at radius 3 is 2.37 bits per heavy atom. The molecule has 0 spiro atoms. The van der Waals surface area contributed by atoms with Crippen molar-refractivity contribution in [1.29, 1.82) is 0 Å². The third-order valence-corrected chi connectivity index (χ3v) is 9.61. The van der Waals surface area contributed by atoms with E-state index in [-0.39, 0.29) is 69.9 Å². The number of anilines is 2. The lowest BCUT2D eigenvalue weighted by molar-refractivity contribution is -0.130. The molecule has 2 N–H and O–H groups in total. The average molecular weight is 667 g/mol. The van der Waals surface area contributed by atoms with Crippen LogP contribution in [0.15, 0.2) is 48.3 Å². The zero-order valence-corrected chi connectivity index (χ0v) is 28.1. The third kappa shape index (κ3) is 4.73. The molecule has 2 atom stereocenters. The Balaban J connectivity index is 1.65. The minimum Gasteiger partial charge on any atom is -0.354 e. The highest BCUT2D eigenvalue weighted by atomic mass is 19.1. The molecule has 2 aromatic carbocycles. The van der Waals surface area contributed by atoms with E-state index in [2.05, 4.69) is 31.8 Å². The molecule has 2 aliphatic heterocycles. The molecule has 0 bridgehead atoms. The first kappa shape index (κ1) is 32.1. The number of H-pyrrole nitrogens is 1. The van der Waals surface area contributed by atoms with E-state index in [0.29, 0.717) is 28.0 Å². The summed E-state index contributed by atoms with van der Waals surface area (Å²) in [6, 6.07) is 3.44. The normalized spacial score (nSPS) is 17.6. The number of benzene rings is 2. The van der Waals surface area contributed by atoms with Crippen molar-refractivity contribution < 1.29 is 18.4 Å². The number of aromatic nitrogens is 5. The first-order valence-electron chi connectivity index (χ1n) is 16.2. The van der Waals surface area contributed by atoms with E-state index in [1.807, 2.05) is 34.6 Å². The van der Waals surface area contributed by atoms with Crippen LogP contribution >= 0.6 is 0 Å². The van der Waals surface area contributed by atoms with Gasteiger partial charge >= 0.3 is 0 Å². The Labute approximate surface area is 280 Å². The molecule has 2 unspecified atom stereocenters. The van der Waals surface area contributed by atoms with E-state index in [1.54, 1.807) is 24.0 Å². The maximum atomic E-state index is 17.7. The van der Waals surface area contributed by atoms with Gasteiger partial charge in [-0.05, 0) is 49.5 Å². The monoisotopic (exact) mass is 666 g/mol. The number of halogens is 2. The lowest BCUT2D eigenvalue weighted by atomic mass is 9.93. The second kappa shape index (κ2) is 11.6. The minimum absolute atomic E-state index is 0.00715. The van der Waals surface area contributed by atoms with Gasteiger partial charge in [-0.3, -0.25) is 19.0 Å². The van der Waals surface area contributed by atoms with Crippen LogP contribution < -0.4 is 15.8 Å². The Bertz CT molecular complexity index is 2270. The van der Waals surface area contributed by atoms with Crippen LogP contribution in [0.4, 0.5) is 20.2 Å². The van der Waals surface area contributed by atoms with Crippen LogP contribution in [0.1, 0.15) is 63.4 Å². The molecule has 2 amide bonds. The molecule has 5 heterocycles. The van der Waals surface area contributed by atoms with Gasteiger partial charge in [-0.1, -0.05) is 40.3 Å². The van der Waals surface area contributed by atoms with E-state index >= 15 is 8.78 Å². The SMILES string of the molecule is C=CC(=O)N1CC2C(=O)Nc3c(c4cc(F)c(-c5c(C)ccc6[nH]cnc56)c(F)c4n(-c4c(C(C)C)ncnc4C(C)C)c3=O)N2CC1C. The van der Waals surface area contributed by atoms with Crippen LogP contribution in [0.5, 0.6) is 0 Å². The summed E-state index contributed by atoms with van der Waals surface area (Å²) in [5.41, 5.74) is 1.90. The fraction of sp³-hybridized carbons (Fsp3) is 0.333. The van der Waals surface area contributed by atoms with Crippen LogP contribution in [0, 0.1) is 18.6 Å². The quantitative estimate of drug-likeness (QED) is 0.230. The second-order valence-electron chi connectivity index (χ2n) is 13.4. The molecule has 0 saturated carbocycles. The number of nitrogens with one attached hydrogen (secondary N) is 2. The van der Waals surface area contributed by atoms with Gasteiger partial charge in [0, 0.05) is 23.5 Å². The predicted octanol–water partition coefficient (Wildman–Crippen LogP) is 5.70. The number of nitrogens with zero attached hydrogens (tertiary/aromatic N) is 6. The zero-order valence-electron chi connectivity index (χ0n) is 28.1. The lowest BCUT2D eigenvalue weighted by Crippen LogP contribution is -2.64. The molecule has 3 aromatic heterocycles. The summed E-state index contributed by atoms with van der Waals surface area (Å²) >= 11 is 0. The first-order chi connectivity index (χ1) is 23.3. The van der Waals surface area contributed by atoms with Crippen molar-refractivity contribution in [3.05, 3.63) is 82.4 Å². The first-order valence-corrected chi connectivity index (χ1v) is 16.2. The van der Waals surface area contributed by atoms with Gasteiger partial charge < -0.3 is 20.1 Å². The molecule has 5 aromatic rings. The van der Waals surface area contributed by atoms with Crippen LogP contribution in [-0.4, -0.2) is 66.4 Å². The molecule has 1 saturated heterocycles. The number of carbonyl (C=O) groups excluding carboxylic acids is 2. The maximum absolute atomic E-state index is 17.7. The number of hydrogen-bond acceptors (Lipinski definition) is 7. The summed E-state index contributed by atoms with van der Waals surface area (Å²) in [5.74, 6) is -3.12. The second-order valence-corrected chi connectivity index (χ2v) is 13.4. The van der Waals surface area contributed by atoms with E-state index in [9.17, 15) is 14.4 Å². The number of rotatable bonds is 5. The third-order valence-electron chi connectivity index (χ3n) is 9.61. The Morgan fingerprint density at radius 2 is 1.71 bits per heavy atom. The van der Waals surface area contributed by atoms with Gasteiger partial charge in [0.1, 0.15) is 23.9 Å². The number of piperazine rings is 1. The van der Waals surface area contributed by atoms with Gasteiger partial charge in [-0.15, -0.1) is 0 Å². The zero-order chi connectivity index (χ0) is 35.0. The number of imidazole rings is 1. The molecule has 7 rings (SSSR count). The van der Waals surface area contributed by atoms with Crippen molar-refractivity contribution in [3.8, 4) is 16.8 Å². The fourth-order valence-electron chi connectivity index (χ4n) is 7.29. The van der Waals surface area contributed by atoms with Gasteiger partial charge in [0.2, 0.25) is 11.8 Å². The lowest BCUT2D eigenvalue weighted by Gasteiger charge is -2.48. The largest absolute Gasteiger partial charge is 0.354 e. The fourth-order valence-corrected chi connectivity index (χ4v) is 7.29. The van der Waals surface area contributed by atoms with Gasteiger partial charge in [0.05, 0.1) is 57.7 Å².